The molecule has 2 amide bonds. The molecule has 1 heterocycles. The van der Waals surface area contributed by atoms with Gasteiger partial charge in [0.1, 0.15) is 5.57 Å². The van der Waals surface area contributed by atoms with Crippen LogP contribution in [0.3, 0.4) is 0 Å². The number of para-hydroxylation sites is 1. The molecule has 1 aliphatic heterocycles. The van der Waals surface area contributed by atoms with Crippen LogP contribution in [0.5, 0.6) is 11.5 Å². The molecule has 2 N–H and O–H groups in total. The summed E-state index contributed by atoms with van der Waals surface area (Å²) >= 11 is 0. The minimum Gasteiger partial charge on any atom is -0.504 e. The molecular formula is C19H18N2O4. The molecule has 6 nitrogen and oxygen atoms in total. The number of phenols is 1. The first-order chi connectivity index (χ1) is 11.9. The average Bonchev–Trinajstić information content (AvgIpc) is 2.87. The maximum Gasteiger partial charge on any atom is 0.282 e. The van der Waals surface area contributed by atoms with Crippen molar-refractivity contribution in [1.82, 2.24) is 5.43 Å². The van der Waals surface area contributed by atoms with Gasteiger partial charge in [-0.15, -0.1) is 0 Å². The van der Waals surface area contributed by atoms with Gasteiger partial charge < -0.3 is 9.84 Å². The third kappa shape index (κ3) is 2.94. The van der Waals surface area contributed by atoms with Gasteiger partial charge in [-0.3, -0.25) is 15.0 Å². The minimum absolute atomic E-state index is 0.0539. The van der Waals surface area contributed by atoms with E-state index < -0.39 is 11.8 Å². The van der Waals surface area contributed by atoms with Crippen LogP contribution in [0.2, 0.25) is 0 Å². The van der Waals surface area contributed by atoms with Crippen molar-refractivity contribution in [2.75, 3.05) is 12.1 Å². The molecule has 25 heavy (non-hydrogen) atoms. The summed E-state index contributed by atoms with van der Waals surface area (Å²) in [4.78, 5) is 24.9. The number of ether oxygens (including phenoxy) is 1. The molecule has 1 aliphatic rings. The molecule has 2 aromatic carbocycles. The minimum atomic E-state index is -0.523. The summed E-state index contributed by atoms with van der Waals surface area (Å²) in [5.74, 6) is -0.852. The monoisotopic (exact) mass is 338 g/mol. The van der Waals surface area contributed by atoms with Crippen LogP contribution < -0.4 is 15.2 Å². The number of nitrogens with one attached hydrogen (secondary N) is 1. The molecule has 0 radical (unpaired) electrons. The van der Waals surface area contributed by atoms with Crippen molar-refractivity contribution in [2.45, 2.75) is 13.8 Å². The zero-order chi connectivity index (χ0) is 18.1. The van der Waals surface area contributed by atoms with Crippen LogP contribution in [-0.4, -0.2) is 24.0 Å². The van der Waals surface area contributed by atoms with Crippen LogP contribution in [0.1, 0.15) is 16.7 Å². The third-order valence-corrected chi connectivity index (χ3v) is 4.19. The number of hydrazine groups is 1. The summed E-state index contributed by atoms with van der Waals surface area (Å²) in [5, 5.41) is 11.4. The maximum atomic E-state index is 12.6. The van der Waals surface area contributed by atoms with Gasteiger partial charge in [0.15, 0.2) is 11.5 Å². The van der Waals surface area contributed by atoms with E-state index in [0.29, 0.717) is 11.3 Å². The highest BCUT2D eigenvalue weighted by Crippen LogP contribution is 2.32. The van der Waals surface area contributed by atoms with Gasteiger partial charge in [0.25, 0.3) is 11.8 Å². The van der Waals surface area contributed by atoms with Crippen LogP contribution >= 0.6 is 0 Å². The molecular weight excluding hydrogens is 320 g/mol. The Hall–Kier alpha value is -3.28. The SMILES string of the molecule is COc1cccc(/C=C2/C(=O)NN(c3ccc(C)c(C)c3)C2=O)c1O. The molecule has 128 valence electrons. The molecule has 3 rings (SSSR count). The van der Waals surface area contributed by atoms with E-state index in [9.17, 15) is 14.7 Å². The Labute approximate surface area is 145 Å². The number of amides is 2. The van der Waals surface area contributed by atoms with Gasteiger partial charge in [-0.25, -0.2) is 5.01 Å². The van der Waals surface area contributed by atoms with Crippen molar-refractivity contribution in [1.29, 1.82) is 0 Å². The fraction of sp³-hybridized carbons (Fsp3) is 0.158. The molecule has 1 fully saturated rings. The molecule has 0 atom stereocenters. The summed E-state index contributed by atoms with van der Waals surface area (Å²) in [5.41, 5.74) is 5.52. The van der Waals surface area contributed by atoms with E-state index in [4.69, 9.17) is 4.74 Å². The van der Waals surface area contributed by atoms with Crippen molar-refractivity contribution >= 4 is 23.6 Å². The highest BCUT2D eigenvalue weighted by molar-refractivity contribution is 6.31. The van der Waals surface area contributed by atoms with Gasteiger partial charge in [0.05, 0.1) is 12.8 Å². The molecule has 0 aromatic heterocycles. The predicted molar refractivity (Wildman–Crippen MR) is 94.2 cm³/mol. The topological polar surface area (TPSA) is 78.9 Å². The lowest BCUT2D eigenvalue weighted by molar-refractivity contribution is -0.117. The number of phenolic OH excluding ortho intramolecular Hbond substituents is 1. The Balaban J connectivity index is 1.98. The van der Waals surface area contributed by atoms with Gasteiger partial charge in [-0.05, 0) is 49.2 Å². The van der Waals surface area contributed by atoms with E-state index in [2.05, 4.69) is 5.43 Å². The lowest BCUT2D eigenvalue weighted by Gasteiger charge is -2.16. The second-order valence-corrected chi connectivity index (χ2v) is 5.81. The normalized spacial score (nSPS) is 15.6. The predicted octanol–water partition coefficient (Wildman–Crippen LogP) is 2.48. The number of nitrogens with zero attached hydrogens (tertiary/aromatic N) is 1. The first-order valence-corrected chi connectivity index (χ1v) is 7.72. The van der Waals surface area contributed by atoms with Crippen molar-refractivity contribution in [3.05, 3.63) is 58.7 Å². The second-order valence-electron chi connectivity index (χ2n) is 5.81. The quantitative estimate of drug-likeness (QED) is 0.666. The summed E-state index contributed by atoms with van der Waals surface area (Å²) < 4.78 is 5.04. The molecule has 1 saturated heterocycles. The Kier molecular flexibility index (Phi) is 4.19. The number of hydrogen-bond acceptors (Lipinski definition) is 4. The van der Waals surface area contributed by atoms with E-state index in [1.54, 1.807) is 24.3 Å². The Morgan fingerprint density at radius 2 is 1.88 bits per heavy atom. The van der Waals surface area contributed by atoms with Gasteiger partial charge >= 0.3 is 0 Å². The molecule has 0 spiro atoms. The smallest absolute Gasteiger partial charge is 0.282 e. The number of methoxy groups -OCH3 is 1. The van der Waals surface area contributed by atoms with Gasteiger partial charge in [-0.2, -0.15) is 0 Å². The Morgan fingerprint density at radius 3 is 2.56 bits per heavy atom. The summed E-state index contributed by atoms with van der Waals surface area (Å²) in [6.45, 7) is 3.91. The average molecular weight is 338 g/mol. The summed E-state index contributed by atoms with van der Waals surface area (Å²) in [6.07, 6.45) is 1.36. The van der Waals surface area contributed by atoms with Crippen LogP contribution in [0.15, 0.2) is 42.0 Å². The van der Waals surface area contributed by atoms with Crippen LogP contribution in [0.25, 0.3) is 6.08 Å². The van der Waals surface area contributed by atoms with Crippen LogP contribution in [-0.2, 0) is 9.59 Å². The number of rotatable bonds is 3. The number of anilines is 1. The standard InChI is InChI=1S/C19H18N2O4/c1-11-7-8-14(9-12(11)2)21-19(24)15(18(23)20-21)10-13-5-4-6-16(25-3)17(13)22/h4-10,22H,1-3H3,(H,20,23)/b15-10-. The van der Waals surface area contributed by atoms with E-state index in [0.717, 1.165) is 11.1 Å². The Morgan fingerprint density at radius 1 is 1.12 bits per heavy atom. The van der Waals surface area contributed by atoms with Crippen molar-refractivity contribution in [3.63, 3.8) is 0 Å². The fourth-order valence-corrected chi connectivity index (χ4v) is 2.58. The number of aromatic hydroxyl groups is 1. The fourth-order valence-electron chi connectivity index (χ4n) is 2.58. The number of carbonyl (C=O) groups is 2. The third-order valence-electron chi connectivity index (χ3n) is 4.19. The molecule has 0 unspecified atom stereocenters. The lowest BCUT2D eigenvalue weighted by Crippen LogP contribution is -2.35. The highest BCUT2D eigenvalue weighted by atomic mass is 16.5. The van der Waals surface area contributed by atoms with E-state index in [1.165, 1.54) is 18.2 Å². The maximum absolute atomic E-state index is 12.6. The number of hydrogen-bond donors (Lipinski definition) is 2. The van der Waals surface area contributed by atoms with E-state index in [1.807, 2.05) is 26.0 Å². The molecule has 0 bridgehead atoms. The van der Waals surface area contributed by atoms with Crippen molar-refractivity contribution < 1.29 is 19.4 Å². The molecule has 0 aliphatic carbocycles. The summed E-state index contributed by atoms with van der Waals surface area (Å²) in [7, 11) is 1.43. The Bertz CT molecular complexity index is 902. The van der Waals surface area contributed by atoms with Crippen molar-refractivity contribution in [2.24, 2.45) is 0 Å². The highest BCUT2D eigenvalue weighted by Gasteiger charge is 2.34. The van der Waals surface area contributed by atoms with Gasteiger partial charge in [-0.1, -0.05) is 18.2 Å². The van der Waals surface area contributed by atoms with Gasteiger partial charge in [0, 0.05) is 5.56 Å². The zero-order valence-corrected chi connectivity index (χ0v) is 14.2. The number of carbonyl (C=O) groups excluding carboxylic acids is 2. The van der Waals surface area contributed by atoms with Crippen LogP contribution in [0.4, 0.5) is 5.69 Å². The van der Waals surface area contributed by atoms with Crippen LogP contribution in [0, 0.1) is 13.8 Å². The number of benzene rings is 2. The van der Waals surface area contributed by atoms with E-state index in [-0.39, 0.29) is 17.1 Å². The number of aryl methyl sites for hydroxylation is 2. The molecule has 6 heteroatoms. The summed E-state index contributed by atoms with van der Waals surface area (Å²) in [6, 6.07) is 10.4. The second kappa shape index (κ2) is 6.32. The lowest BCUT2D eigenvalue weighted by atomic mass is 10.1. The zero-order valence-electron chi connectivity index (χ0n) is 14.2. The van der Waals surface area contributed by atoms with Crippen molar-refractivity contribution in [3.8, 4) is 11.5 Å². The molecule has 0 saturated carbocycles. The van der Waals surface area contributed by atoms with Gasteiger partial charge in [0.2, 0.25) is 0 Å². The first kappa shape index (κ1) is 16.6. The first-order valence-electron chi connectivity index (χ1n) is 7.72. The largest absolute Gasteiger partial charge is 0.504 e. The van der Waals surface area contributed by atoms with E-state index >= 15 is 0 Å². The molecule has 2 aromatic rings.